The lowest BCUT2D eigenvalue weighted by atomic mass is 10.2. The lowest BCUT2D eigenvalue weighted by Crippen LogP contribution is -2.11. The Balaban J connectivity index is 1.55. The van der Waals surface area contributed by atoms with Crippen LogP contribution < -0.4 is 14.6 Å². The van der Waals surface area contributed by atoms with Crippen molar-refractivity contribution in [2.45, 2.75) is 11.5 Å². The lowest BCUT2D eigenvalue weighted by molar-refractivity contribution is 0.294. The second kappa shape index (κ2) is 8.20. The van der Waals surface area contributed by atoms with Gasteiger partial charge in [-0.1, -0.05) is 5.16 Å². The first kappa shape index (κ1) is 20.6. The molecule has 0 bridgehead atoms. The quantitative estimate of drug-likeness (QED) is 0.462. The summed E-state index contributed by atoms with van der Waals surface area (Å²) in [6.07, 6.45) is 1.62. The number of hydrogen-bond acceptors (Lipinski definition) is 8. The van der Waals surface area contributed by atoms with E-state index in [0.29, 0.717) is 22.7 Å². The highest BCUT2D eigenvalue weighted by atomic mass is 32.2. The molecule has 4 rings (SSSR count). The first-order valence-electron chi connectivity index (χ1n) is 9.10. The fourth-order valence-electron chi connectivity index (χ4n) is 2.88. The van der Waals surface area contributed by atoms with E-state index >= 15 is 0 Å². The average Bonchev–Trinajstić information content (AvgIpc) is 3.39. The lowest BCUT2D eigenvalue weighted by Gasteiger charge is -2.08. The summed E-state index contributed by atoms with van der Waals surface area (Å²) in [7, 11) is -0.379. The van der Waals surface area contributed by atoms with Gasteiger partial charge in [0.25, 0.3) is 5.89 Å². The van der Waals surface area contributed by atoms with Crippen molar-refractivity contribution in [1.82, 2.24) is 19.9 Å². The third-order valence-corrected chi connectivity index (χ3v) is 5.52. The predicted molar refractivity (Wildman–Crippen MR) is 111 cm³/mol. The summed E-state index contributed by atoms with van der Waals surface area (Å²) in [5.41, 5.74) is 1.97. The molecule has 0 radical (unpaired) electrons. The SMILES string of the molecule is COc1ccc(OCc2c(-c3nc(-c4ccc(S(N)(=O)=O)cc4)no3)cnn2C)cc1. The van der Waals surface area contributed by atoms with E-state index in [9.17, 15) is 8.42 Å². The molecule has 2 aromatic carbocycles. The zero-order valence-electron chi connectivity index (χ0n) is 16.7. The van der Waals surface area contributed by atoms with Gasteiger partial charge < -0.3 is 14.0 Å². The first-order valence-corrected chi connectivity index (χ1v) is 10.6. The van der Waals surface area contributed by atoms with E-state index in [-0.39, 0.29) is 17.4 Å². The molecule has 0 fully saturated rings. The summed E-state index contributed by atoms with van der Waals surface area (Å²) in [5.74, 6) is 1.99. The molecule has 2 heterocycles. The van der Waals surface area contributed by atoms with Gasteiger partial charge in [0.2, 0.25) is 15.8 Å². The maximum atomic E-state index is 11.4. The maximum Gasteiger partial charge on any atom is 0.261 e. The summed E-state index contributed by atoms with van der Waals surface area (Å²) >= 11 is 0. The van der Waals surface area contributed by atoms with Crippen LogP contribution in [-0.4, -0.2) is 35.4 Å². The highest BCUT2D eigenvalue weighted by Gasteiger charge is 2.19. The topological polar surface area (TPSA) is 135 Å². The van der Waals surface area contributed by atoms with E-state index in [1.54, 1.807) is 37.2 Å². The van der Waals surface area contributed by atoms with Crippen LogP contribution in [0.25, 0.3) is 22.8 Å². The minimum Gasteiger partial charge on any atom is -0.497 e. The van der Waals surface area contributed by atoms with E-state index in [0.717, 1.165) is 11.4 Å². The molecule has 0 saturated carbocycles. The number of aryl methyl sites for hydroxylation is 1. The minimum atomic E-state index is -3.77. The monoisotopic (exact) mass is 441 g/mol. The molecular weight excluding hydrogens is 422 g/mol. The molecule has 0 spiro atoms. The van der Waals surface area contributed by atoms with Crippen LogP contribution in [0.4, 0.5) is 0 Å². The average molecular weight is 441 g/mol. The minimum absolute atomic E-state index is 0.00481. The second-order valence-corrected chi connectivity index (χ2v) is 8.15. The molecule has 2 N–H and O–H groups in total. The van der Waals surface area contributed by atoms with E-state index in [1.807, 2.05) is 24.3 Å². The van der Waals surface area contributed by atoms with Gasteiger partial charge in [0.1, 0.15) is 18.1 Å². The number of sulfonamides is 1. The molecule has 4 aromatic rings. The molecule has 160 valence electrons. The number of aromatic nitrogens is 4. The molecule has 0 atom stereocenters. The van der Waals surface area contributed by atoms with E-state index < -0.39 is 10.0 Å². The molecule has 31 heavy (non-hydrogen) atoms. The van der Waals surface area contributed by atoms with Crippen LogP contribution in [0.2, 0.25) is 0 Å². The Morgan fingerprint density at radius 3 is 2.39 bits per heavy atom. The summed E-state index contributed by atoms with van der Waals surface area (Å²) in [4.78, 5) is 4.42. The first-order chi connectivity index (χ1) is 14.8. The molecule has 10 nitrogen and oxygen atoms in total. The number of rotatable bonds is 7. The van der Waals surface area contributed by atoms with Crippen molar-refractivity contribution in [2.24, 2.45) is 12.2 Å². The van der Waals surface area contributed by atoms with Gasteiger partial charge in [0.15, 0.2) is 0 Å². The maximum absolute atomic E-state index is 11.4. The van der Waals surface area contributed by atoms with Crippen molar-refractivity contribution in [1.29, 1.82) is 0 Å². The van der Waals surface area contributed by atoms with Crippen LogP contribution in [-0.2, 0) is 23.7 Å². The Morgan fingerprint density at radius 2 is 1.74 bits per heavy atom. The Bertz CT molecular complexity index is 1290. The summed E-state index contributed by atoms with van der Waals surface area (Å²) in [6.45, 7) is 0.235. The number of benzene rings is 2. The number of nitrogens with zero attached hydrogens (tertiary/aromatic N) is 4. The van der Waals surface area contributed by atoms with Gasteiger partial charge in [-0.25, -0.2) is 13.6 Å². The van der Waals surface area contributed by atoms with Gasteiger partial charge >= 0.3 is 0 Å². The Labute approximate surface area is 178 Å². The van der Waals surface area contributed by atoms with E-state index in [2.05, 4.69) is 15.2 Å². The van der Waals surface area contributed by atoms with Crippen molar-refractivity contribution in [3.8, 4) is 34.3 Å². The van der Waals surface area contributed by atoms with Gasteiger partial charge in [-0.3, -0.25) is 4.68 Å². The number of primary sulfonamides is 1. The van der Waals surface area contributed by atoms with Crippen molar-refractivity contribution in [3.63, 3.8) is 0 Å². The standard InChI is InChI=1S/C20H19N5O5S/c1-25-18(12-29-15-7-5-14(28-2)6-8-15)17(11-22-25)20-23-19(24-30-20)13-3-9-16(10-4-13)31(21,26)27/h3-11H,12H2,1-2H3,(H2,21,26,27). The fraction of sp³-hybridized carbons (Fsp3) is 0.150. The van der Waals surface area contributed by atoms with E-state index in [4.69, 9.17) is 19.1 Å². The molecular formula is C20H19N5O5S. The molecule has 0 amide bonds. The van der Waals surface area contributed by atoms with Crippen molar-refractivity contribution < 1.29 is 22.4 Å². The number of hydrogen-bond donors (Lipinski definition) is 1. The van der Waals surface area contributed by atoms with Crippen molar-refractivity contribution in [2.75, 3.05) is 7.11 Å². The third-order valence-electron chi connectivity index (χ3n) is 4.59. The van der Waals surface area contributed by atoms with Crippen LogP contribution in [0, 0.1) is 0 Å². The number of ether oxygens (including phenoxy) is 2. The zero-order chi connectivity index (χ0) is 22.0. The second-order valence-electron chi connectivity index (χ2n) is 6.59. The summed E-state index contributed by atoms with van der Waals surface area (Å²) in [6, 6.07) is 13.1. The van der Waals surface area contributed by atoms with Gasteiger partial charge in [0, 0.05) is 12.6 Å². The Hall–Kier alpha value is -3.70. The highest BCUT2D eigenvalue weighted by Crippen LogP contribution is 2.27. The molecule has 0 aliphatic carbocycles. The smallest absolute Gasteiger partial charge is 0.261 e. The van der Waals surface area contributed by atoms with Crippen LogP contribution in [0.5, 0.6) is 11.5 Å². The van der Waals surface area contributed by atoms with Gasteiger partial charge in [-0.15, -0.1) is 0 Å². The summed E-state index contributed by atoms with van der Waals surface area (Å²) in [5, 5.41) is 13.4. The fourth-order valence-corrected chi connectivity index (χ4v) is 3.40. The molecule has 0 aliphatic heterocycles. The van der Waals surface area contributed by atoms with Crippen molar-refractivity contribution in [3.05, 3.63) is 60.4 Å². The van der Waals surface area contributed by atoms with Crippen LogP contribution >= 0.6 is 0 Å². The van der Waals surface area contributed by atoms with E-state index in [1.165, 1.54) is 12.1 Å². The van der Waals surface area contributed by atoms with Crippen molar-refractivity contribution >= 4 is 10.0 Å². The van der Waals surface area contributed by atoms with Gasteiger partial charge in [-0.05, 0) is 48.5 Å². The highest BCUT2D eigenvalue weighted by molar-refractivity contribution is 7.89. The summed E-state index contributed by atoms with van der Waals surface area (Å²) < 4.78 is 40.9. The van der Waals surface area contributed by atoms with Gasteiger partial charge in [0.05, 0.1) is 29.5 Å². The predicted octanol–water partition coefficient (Wildman–Crippen LogP) is 2.37. The molecule has 0 saturated heterocycles. The number of nitrogens with two attached hydrogens (primary N) is 1. The van der Waals surface area contributed by atoms with Crippen LogP contribution in [0.15, 0.2) is 64.1 Å². The molecule has 11 heteroatoms. The zero-order valence-corrected chi connectivity index (χ0v) is 17.5. The Morgan fingerprint density at radius 1 is 1.06 bits per heavy atom. The molecule has 0 unspecified atom stereocenters. The van der Waals surface area contributed by atoms with Crippen LogP contribution in [0.1, 0.15) is 5.69 Å². The normalized spacial score (nSPS) is 11.5. The largest absolute Gasteiger partial charge is 0.497 e. The number of methoxy groups -OCH3 is 1. The molecule has 2 aromatic heterocycles. The molecule has 0 aliphatic rings. The van der Waals surface area contributed by atoms with Gasteiger partial charge in [-0.2, -0.15) is 10.1 Å². The van der Waals surface area contributed by atoms with Crippen LogP contribution in [0.3, 0.4) is 0 Å². The Kier molecular flexibility index (Phi) is 5.44. The third kappa shape index (κ3) is 4.42.